The fourth-order valence-electron chi connectivity index (χ4n) is 2.58. The van der Waals surface area contributed by atoms with Gasteiger partial charge in [0, 0.05) is 5.02 Å². The third-order valence-corrected chi connectivity index (χ3v) is 5.64. The van der Waals surface area contributed by atoms with E-state index in [-0.39, 0.29) is 10.7 Å². The number of nitrogens with zero attached hydrogens (tertiary/aromatic N) is 4. The number of aryl methyl sites for hydroxylation is 2. The van der Waals surface area contributed by atoms with Gasteiger partial charge in [-0.25, -0.2) is 0 Å². The van der Waals surface area contributed by atoms with Gasteiger partial charge in [-0.05, 0) is 72.7 Å². The first-order chi connectivity index (χ1) is 14.1. The van der Waals surface area contributed by atoms with Crippen LogP contribution in [0.15, 0.2) is 41.6 Å². The highest BCUT2D eigenvalue weighted by molar-refractivity contribution is 8.00. The third-order valence-electron chi connectivity index (χ3n) is 4.37. The molecule has 11 heteroatoms. The largest absolute Gasteiger partial charge is 0.418 e. The van der Waals surface area contributed by atoms with E-state index in [9.17, 15) is 18.0 Å². The molecule has 0 saturated heterocycles. The Balaban J connectivity index is 1.78. The number of thioether (sulfide) groups is 1. The number of benzene rings is 2. The zero-order valence-electron chi connectivity index (χ0n) is 16.2. The number of halogens is 4. The first-order valence-electron chi connectivity index (χ1n) is 8.76. The van der Waals surface area contributed by atoms with Gasteiger partial charge in [0.1, 0.15) is 0 Å². The topological polar surface area (TPSA) is 72.7 Å². The van der Waals surface area contributed by atoms with E-state index in [4.69, 9.17) is 11.6 Å². The highest BCUT2D eigenvalue weighted by Crippen LogP contribution is 2.37. The van der Waals surface area contributed by atoms with Crippen molar-refractivity contribution in [3.63, 3.8) is 0 Å². The first kappa shape index (κ1) is 22.1. The van der Waals surface area contributed by atoms with Gasteiger partial charge < -0.3 is 5.32 Å². The predicted octanol–water partition coefficient (Wildman–Crippen LogP) is 5.07. The summed E-state index contributed by atoms with van der Waals surface area (Å²) in [5.41, 5.74) is 1.50. The van der Waals surface area contributed by atoms with Crippen molar-refractivity contribution >= 4 is 35.0 Å². The molecule has 0 aliphatic carbocycles. The highest BCUT2D eigenvalue weighted by atomic mass is 35.5. The smallest absolute Gasteiger partial charge is 0.325 e. The van der Waals surface area contributed by atoms with Crippen LogP contribution in [0, 0.1) is 13.8 Å². The van der Waals surface area contributed by atoms with Crippen LogP contribution in [0.25, 0.3) is 5.69 Å². The van der Waals surface area contributed by atoms with Crippen LogP contribution in [0.1, 0.15) is 23.6 Å². The molecule has 0 spiro atoms. The van der Waals surface area contributed by atoms with E-state index >= 15 is 0 Å². The monoisotopic (exact) mass is 455 g/mol. The van der Waals surface area contributed by atoms with E-state index in [2.05, 4.69) is 20.8 Å². The number of amides is 1. The van der Waals surface area contributed by atoms with Crippen molar-refractivity contribution in [2.45, 2.75) is 37.4 Å². The summed E-state index contributed by atoms with van der Waals surface area (Å²) in [4.78, 5) is 12.5. The van der Waals surface area contributed by atoms with E-state index in [0.29, 0.717) is 5.16 Å². The fourth-order valence-corrected chi connectivity index (χ4v) is 3.56. The second-order valence-electron chi connectivity index (χ2n) is 6.58. The lowest BCUT2D eigenvalue weighted by atomic mass is 10.1. The molecule has 1 amide bonds. The van der Waals surface area contributed by atoms with E-state index < -0.39 is 22.9 Å². The molecule has 2 aromatic carbocycles. The van der Waals surface area contributed by atoms with E-state index in [1.165, 1.54) is 10.7 Å². The van der Waals surface area contributed by atoms with Crippen LogP contribution in [0.2, 0.25) is 5.02 Å². The average Bonchev–Trinajstić information content (AvgIpc) is 3.12. The van der Waals surface area contributed by atoms with Gasteiger partial charge in [0.05, 0.1) is 22.2 Å². The van der Waals surface area contributed by atoms with Crippen LogP contribution >= 0.6 is 23.4 Å². The maximum Gasteiger partial charge on any atom is 0.418 e. The van der Waals surface area contributed by atoms with E-state index in [0.717, 1.165) is 40.7 Å². The third kappa shape index (κ3) is 4.93. The highest BCUT2D eigenvalue weighted by Gasteiger charge is 2.34. The van der Waals surface area contributed by atoms with Crippen molar-refractivity contribution in [1.82, 2.24) is 20.2 Å². The van der Waals surface area contributed by atoms with E-state index in [1.807, 2.05) is 32.0 Å². The summed E-state index contributed by atoms with van der Waals surface area (Å²) in [6, 6.07) is 8.86. The molecule has 30 heavy (non-hydrogen) atoms. The molecule has 0 fully saturated rings. The molecule has 0 saturated carbocycles. The second-order valence-corrected chi connectivity index (χ2v) is 8.32. The maximum absolute atomic E-state index is 13.2. The molecule has 0 aliphatic rings. The molecule has 1 heterocycles. The summed E-state index contributed by atoms with van der Waals surface area (Å²) in [5, 5.41) is 13.3. The molecule has 3 rings (SSSR count). The van der Waals surface area contributed by atoms with Crippen LogP contribution in [0.4, 0.5) is 18.9 Å². The van der Waals surface area contributed by atoms with Crippen molar-refractivity contribution in [3.05, 3.63) is 58.1 Å². The van der Waals surface area contributed by atoms with Gasteiger partial charge in [0.25, 0.3) is 0 Å². The number of hydrogen-bond acceptors (Lipinski definition) is 5. The summed E-state index contributed by atoms with van der Waals surface area (Å²) < 4.78 is 41.2. The number of rotatable bonds is 5. The number of tetrazole rings is 1. The molecule has 0 aliphatic heterocycles. The number of hydrogen-bond donors (Lipinski definition) is 1. The zero-order chi connectivity index (χ0) is 22.1. The molecule has 1 unspecified atom stereocenters. The summed E-state index contributed by atoms with van der Waals surface area (Å²) in [7, 11) is 0. The lowest BCUT2D eigenvalue weighted by molar-refractivity contribution is -0.137. The molecule has 1 atom stereocenters. The maximum atomic E-state index is 13.2. The molecule has 0 radical (unpaired) electrons. The fraction of sp³-hybridized carbons (Fsp3) is 0.263. The quantitative estimate of drug-likeness (QED) is 0.544. The van der Waals surface area contributed by atoms with E-state index in [1.54, 1.807) is 6.92 Å². The number of aromatic nitrogens is 4. The minimum Gasteiger partial charge on any atom is -0.325 e. The number of nitrogens with one attached hydrogen (secondary N) is 1. The Labute approximate surface area is 179 Å². The van der Waals surface area contributed by atoms with Gasteiger partial charge in [0.15, 0.2) is 0 Å². The summed E-state index contributed by atoms with van der Waals surface area (Å²) >= 11 is 6.70. The molecule has 3 aromatic rings. The van der Waals surface area contributed by atoms with Crippen molar-refractivity contribution in [1.29, 1.82) is 0 Å². The molecule has 6 nitrogen and oxygen atoms in total. The Morgan fingerprint density at radius 1 is 1.17 bits per heavy atom. The SMILES string of the molecule is Cc1ccc(-n2nnnc2SC(C)C(=O)Nc2ccc(Cl)cc2C(F)(F)F)cc1C. The molecule has 1 aromatic heterocycles. The average molecular weight is 456 g/mol. The Morgan fingerprint density at radius 3 is 2.57 bits per heavy atom. The molecular formula is C19H17ClF3N5OS. The first-order valence-corrected chi connectivity index (χ1v) is 10.0. The summed E-state index contributed by atoms with van der Waals surface area (Å²) in [6.07, 6.45) is -4.66. The molecule has 158 valence electrons. The van der Waals surface area contributed by atoms with Gasteiger partial charge in [-0.3, -0.25) is 4.79 Å². The van der Waals surface area contributed by atoms with Crippen LogP contribution in [-0.2, 0) is 11.0 Å². The summed E-state index contributed by atoms with van der Waals surface area (Å²) in [6.45, 7) is 5.49. The van der Waals surface area contributed by atoms with Crippen LogP contribution < -0.4 is 5.32 Å². The Bertz CT molecular complexity index is 1090. The molecule has 0 bridgehead atoms. The predicted molar refractivity (Wildman–Crippen MR) is 109 cm³/mol. The van der Waals surface area contributed by atoms with Crippen LogP contribution in [-0.4, -0.2) is 31.4 Å². The minimum absolute atomic E-state index is 0.0738. The minimum atomic E-state index is -4.66. The van der Waals surface area contributed by atoms with Crippen molar-refractivity contribution in [2.24, 2.45) is 0 Å². The van der Waals surface area contributed by atoms with Crippen molar-refractivity contribution in [2.75, 3.05) is 5.32 Å². The normalized spacial score (nSPS) is 12.6. The molecule has 1 N–H and O–H groups in total. The number of carbonyl (C=O) groups excluding carboxylic acids is 1. The number of alkyl halides is 3. The number of carbonyl (C=O) groups is 1. The Morgan fingerprint density at radius 2 is 1.90 bits per heavy atom. The standard InChI is InChI=1S/C19H17ClF3N5OS/c1-10-4-6-14(8-11(10)2)28-18(25-26-27-28)30-12(3)17(29)24-16-7-5-13(20)9-15(16)19(21,22)23/h4-9,12H,1-3H3,(H,24,29). The summed E-state index contributed by atoms with van der Waals surface area (Å²) in [5.74, 6) is -0.623. The van der Waals surface area contributed by atoms with Gasteiger partial charge in [0.2, 0.25) is 11.1 Å². The van der Waals surface area contributed by atoms with Gasteiger partial charge >= 0.3 is 6.18 Å². The lowest BCUT2D eigenvalue weighted by Gasteiger charge is -2.16. The van der Waals surface area contributed by atoms with Crippen molar-refractivity contribution in [3.8, 4) is 5.69 Å². The molecular weight excluding hydrogens is 439 g/mol. The second kappa shape index (κ2) is 8.65. The Kier molecular flexibility index (Phi) is 6.37. The van der Waals surface area contributed by atoms with Gasteiger partial charge in [-0.15, -0.1) is 5.10 Å². The van der Waals surface area contributed by atoms with Crippen LogP contribution in [0.5, 0.6) is 0 Å². The van der Waals surface area contributed by atoms with Gasteiger partial charge in [-0.1, -0.05) is 29.4 Å². The van der Waals surface area contributed by atoms with Crippen LogP contribution in [0.3, 0.4) is 0 Å². The zero-order valence-corrected chi connectivity index (χ0v) is 17.7. The van der Waals surface area contributed by atoms with Crippen molar-refractivity contribution < 1.29 is 18.0 Å². The Hall–Kier alpha value is -2.59. The lowest BCUT2D eigenvalue weighted by Crippen LogP contribution is -2.24. The van der Waals surface area contributed by atoms with Gasteiger partial charge in [-0.2, -0.15) is 17.9 Å². The number of anilines is 1.